The standard InChI is InChI=1S/C13H14O3/c1-10(14)8-9-11(2)16-13(15)12-6-4-3-5-7-12/h3-9,11H,1-2H3/b9-8+/t11-/m1/s1. The van der Waals surface area contributed by atoms with Crippen LogP contribution in [0.4, 0.5) is 0 Å². The van der Waals surface area contributed by atoms with Gasteiger partial charge in [0.05, 0.1) is 5.56 Å². The Morgan fingerprint density at radius 3 is 2.44 bits per heavy atom. The van der Waals surface area contributed by atoms with Gasteiger partial charge in [0, 0.05) is 0 Å². The molecule has 84 valence electrons. The zero-order valence-electron chi connectivity index (χ0n) is 9.34. The number of allylic oxidation sites excluding steroid dienone is 1. The van der Waals surface area contributed by atoms with Crippen LogP contribution in [0.3, 0.4) is 0 Å². The molecule has 3 nitrogen and oxygen atoms in total. The van der Waals surface area contributed by atoms with Crippen LogP contribution >= 0.6 is 0 Å². The Hall–Kier alpha value is -1.90. The van der Waals surface area contributed by atoms with Gasteiger partial charge in [0.2, 0.25) is 0 Å². The van der Waals surface area contributed by atoms with E-state index in [-0.39, 0.29) is 11.8 Å². The highest BCUT2D eigenvalue weighted by molar-refractivity contribution is 5.90. The van der Waals surface area contributed by atoms with Gasteiger partial charge in [-0.3, -0.25) is 4.79 Å². The lowest BCUT2D eigenvalue weighted by Gasteiger charge is -2.08. The Morgan fingerprint density at radius 1 is 1.25 bits per heavy atom. The molecule has 1 aromatic rings. The second-order valence-corrected chi connectivity index (χ2v) is 3.45. The molecule has 0 aromatic heterocycles. The molecule has 0 amide bonds. The van der Waals surface area contributed by atoms with Crippen molar-refractivity contribution in [2.45, 2.75) is 20.0 Å². The number of hydrogen-bond acceptors (Lipinski definition) is 3. The summed E-state index contributed by atoms with van der Waals surface area (Å²) in [6.07, 6.45) is 2.54. The smallest absolute Gasteiger partial charge is 0.338 e. The van der Waals surface area contributed by atoms with E-state index in [1.165, 1.54) is 13.0 Å². The van der Waals surface area contributed by atoms with Crippen LogP contribution in [0.25, 0.3) is 0 Å². The summed E-state index contributed by atoms with van der Waals surface area (Å²) in [5, 5.41) is 0. The van der Waals surface area contributed by atoms with Crippen molar-refractivity contribution in [1.82, 2.24) is 0 Å². The second-order valence-electron chi connectivity index (χ2n) is 3.45. The molecular weight excluding hydrogens is 204 g/mol. The molecule has 0 heterocycles. The number of ether oxygens (including phenoxy) is 1. The molecule has 0 N–H and O–H groups in total. The molecule has 0 unspecified atom stereocenters. The first kappa shape index (κ1) is 12.2. The number of ketones is 1. The molecule has 1 atom stereocenters. The zero-order chi connectivity index (χ0) is 12.0. The van der Waals surface area contributed by atoms with Crippen molar-refractivity contribution in [3.05, 3.63) is 48.0 Å². The Balaban J connectivity index is 2.55. The Morgan fingerprint density at radius 2 is 1.88 bits per heavy atom. The minimum absolute atomic E-state index is 0.0670. The molecule has 1 aromatic carbocycles. The predicted octanol–water partition coefficient (Wildman–Crippen LogP) is 2.38. The van der Waals surface area contributed by atoms with Gasteiger partial charge in [0.1, 0.15) is 6.10 Å². The van der Waals surface area contributed by atoms with E-state index in [4.69, 9.17) is 4.74 Å². The normalized spacial score (nSPS) is 12.4. The molecule has 0 bridgehead atoms. The van der Waals surface area contributed by atoms with E-state index in [2.05, 4.69) is 0 Å². The first-order valence-corrected chi connectivity index (χ1v) is 5.04. The molecule has 0 radical (unpaired) electrons. The fraction of sp³-hybridized carbons (Fsp3) is 0.231. The van der Waals surface area contributed by atoms with Crippen LogP contribution < -0.4 is 0 Å². The molecular formula is C13H14O3. The summed E-state index contributed by atoms with van der Waals surface area (Å²) in [5.74, 6) is -0.455. The van der Waals surface area contributed by atoms with E-state index in [0.717, 1.165) is 0 Å². The van der Waals surface area contributed by atoms with Gasteiger partial charge in [0.25, 0.3) is 0 Å². The van der Waals surface area contributed by atoms with Gasteiger partial charge in [0.15, 0.2) is 5.78 Å². The maximum Gasteiger partial charge on any atom is 0.338 e. The van der Waals surface area contributed by atoms with E-state index >= 15 is 0 Å². The SMILES string of the molecule is CC(=O)/C=C/[C@@H](C)OC(=O)c1ccccc1. The number of esters is 1. The summed E-state index contributed by atoms with van der Waals surface area (Å²) in [7, 11) is 0. The van der Waals surface area contributed by atoms with E-state index in [1.807, 2.05) is 6.07 Å². The fourth-order valence-electron chi connectivity index (χ4n) is 1.12. The number of benzene rings is 1. The average molecular weight is 218 g/mol. The lowest BCUT2D eigenvalue weighted by atomic mass is 10.2. The van der Waals surface area contributed by atoms with Crippen LogP contribution in [-0.2, 0) is 9.53 Å². The highest BCUT2D eigenvalue weighted by Gasteiger charge is 2.08. The molecule has 0 aliphatic rings. The summed E-state index contributed by atoms with van der Waals surface area (Å²) < 4.78 is 5.11. The van der Waals surface area contributed by atoms with Crippen LogP contribution in [0.1, 0.15) is 24.2 Å². The van der Waals surface area contributed by atoms with Crippen LogP contribution in [0.2, 0.25) is 0 Å². The third kappa shape index (κ3) is 4.09. The van der Waals surface area contributed by atoms with Crippen molar-refractivity contribution in [1.29, 1.82) is 0 Å². The minimum Gasteiger partial charge on any atom is -0.455 e. The van der Waals surface area contributed by atoms with Gasteiger partial charge < -0.3 is 4.74 Å². The molecule has 0 spiro atoms. The van der Waals surface area contributed by atoms with E-state index in [9.17, 15) is 9.59 Å². The molecule has 0 fully saturated rings. The van der Waals surface area contributed by atoms with Crippen molar-refractivity contribution in [2.24, 2.45) is 0 Å². The third-order valence-corrected chi connectivity index (χ3v) is 1.90. The van der Waals surface area contributed by atoms with Gasteiger partial charge in [-0.25, -0.2) is 4.79 Å². The van der Waals surface area contributed by atoms with Crippen LogP contribution in [-0.4, -0.2) is 17.9 Å². The van der Waals surface area contributed by atoms with Gasteiger partial charge >= 0.3 is 5.97 Å². The summed E-state index contributed by atoms with van der Waals surface area (Å²) in [4.78, 5) is 22.2. The highest BCUT2D eigenvalue weighted by Crippen LogP contribution is 2.04. The molecule has 0 aliphatic carbocycles. The lowest BCUT2D eigenvalue weighted by Crippen LogP contribution is -2.12. The number of hydrogen-bond donors (Lipinski definition) is 0. The molecule has 0 saturated heterocycles. The van der Waals surface area contributed by atoms with Crippen molar-refractivity contribution in [3.63, 3.8) is 0 Å². The summed E-state index contributed by atoms with van der Waals surface area (Å²) >= 11 is 0. The lowest BCUT2D eigenvalue weighted by molar-refractivity contribution is -0.112. The van der Waals surface area contributed by atoms with Crippen molar-refractivity contribution < 1.29 is 14.3 Å². The first-order chi connectivity index (χ1) is 7.59. The molecule has 16 heavy (non-hydrogen) atoms. The Bertz CT molecular complexity index is 393. The van der Waals surface area contributed by atoms with Gasteiger partial charge in [-0.15, -0.1) is 0 Å². The Kier molecular flexibility index (Phi) is 4.45. The fourth-order valence-corrected chi connectivity index (χ4v) is 1.12. The van der Waals surface area contributed by atoms with Crippen LogP contribution in [0, 0.1) is 0 Å². The van der Waals surface area contributed by atoms with E-state index in [1.54, 1.807) is 37.3 Å². The summed E-state index contributed by atoms with van der Waals surface area (Å²) in [6.45, 7) is 3.16. The monoisotopic (exact) mass is 218 g/mol. The van der Waals surface area contributed by atoms with Gasteiger partial charge in [-0.05, 0) is 38.1 Å². The molecule has 3 heteroatoms. The number of carbonyl (C=O) groups is 2. The largest absolute Gasteiger partial charge is 0.455 e. The zero-order valence-corrected chi connectivity index (χ0v) is 9.34. The van der Waals surface area contributed by atoms with E-state index in [0.29, 0.717) is 5.56 Å². The maximum absolute atomic E-state index is 11.6. The topological polar surface area (TPSA) is 43.4 Å². The Labute approximate surface area is 94.7 Å². The van der Waals surface area contributed by atoms with Crippen LogP contribution in [0.5, 0.6) is 0 Å². The van der Waals surface area contributed by atoms with E-state index < -0.39 is 6.10 Å². The summed E-state index contributed by atoms with van der Waals surface area (Å²) in [6, 6.07) is 8.74. The molecule has 0 aliphatic heterocycles. The summed E-state index contributed by atoms with van der Waals surface area (Å²) in [5.41, 5.74) is 0.505. The minimum atomic E-state index is -0.406. The van der Waals surface area contributed by atoms with Crippen molar-refractivity contribution in [3.8, 4) is 0 Å². The third-order valence-electron chi connectivity index (χ3n) is 1.90. The van der Waals surface area contributed by atoms with Crippen molar-refractivity contribution in [2.75, 3.05) is 0 Å². The van der Waals surface area contributed by atoms with Gasteiger partial charge in [-0.2, -0.15) is 0 Å². The predicted molar refractivity (Wildman–Crippen MR) is 61.1 cm³/mol. The maximum atomic E-state index is 11.6. The first-order valence-electron chi connectivity index (χ1n) is 5.04. The number of rotatable bonds is 4. The average Bonchev–Trinajstić information content (AvgIpc) is 2.27. The quantitative estimate of drug-likeness (QED) is 0.575. The van der Waals surface area contributed by atoms with Gasteiger partial charge in [-0.1, -0.05) is 18.2 Å². The molecule has 1 rings (SSSR count). The molecule has 0 saturated carbocycles. The van der Waals surface area contributed by atoms with Crippen molar-refractivity contribution >= 4 is 11.8 Å². The van der Waals surface area contributed by atoms with Crippen LogP contribution in [0.15, 0.2) is 42.5 Å². The second kappa shape index (κ2) is 5.85. The number of carbonyl (C=O) groups excluding carboxylic acids is 2. The highest BCUT2D eigenvalue weighted by atomic mass is 16.5.